The number of nitrogen functional groups attached to an aromatic ring is 1. The summed E-state index contributed by atoms with van der Waals surface area (Å²) in [6.45, 7) is 1.04. The highest BCUT2D eigenvalue weighted by Crippen LogP contribution is 2.37. The number of nitrogens with one attached hydrogen (secondary N) is 1. The molecule has 1 saturated carbocycles. The monoisotopic (exact) mass is 260 g/mol. The van der Waals surface area contributed by atoms with Gasteiger partial charge in [-0.3, -0.25) is 5.41 Å². The van der Waals surface area contributed by atoms with E-state index >= 15 is 0 Å². The van der Waals surface area contributed by atoms with E-state index in [9.17, 15) is 0 Å². The molecule has 0 unspecified atom stereocenters. The van der Waals surface area contributed by atoms with Crippen molar-refractivity contribution in [3.8, 4) is 0 Å². The fourth-order valence-electron chi connectivity index (χ4n) is 2.76. The molecule has 4 nitrogen and oxygen atoms in total. The molecule has 0 bridgehead atoms. The van der Waals surface area contributed by atoms with Crippen molar-refractivity contribution >= 4 is 11.5 Å². The summed E-state index contributed by atoms with van der Waals surface area (Å²) < 4.78 is 0. The van der Waals surface area contributed by atoms with Gasteiger partial charge >= 0.3 is 0 Å². The van der Waals surface area contributed by atoms with E-state index in [1.807, 2.05) is 24.3 Å². The summed E-state index contributed by atoms with van der Waals surface area (Å²) in [5.41, 5.74) is 7.76. The van der Waals surface area contributed by atoms with E-state index in [1.54, 1.807) is 0 Å². The van der Waals surface area contributed by atoms with Gasteiger partial charge in [0, 0.05) is 30.4 Å². The van der Waals surface area contributed by atoms with Crippen molar-refractivity contribution in [2.45, 2.75) is 24.8 Å². The molecule has 4 heteroatoms. The third kappa shape index (κ3) is 2.73. The molecule has 0 atom stereocenters. The topological polar surface area (TPSA) is 56.4 Å². The van der Waals surface area contributed by atoms with Crippen LogP contribution >= 0.6 is 0 Å². The summed E-state index contributed by atoms with van der Waals surface area (Å²) in [5.74, 6) is 0.123. The minimum absolute atomic E-state index is 0.123. The third-order valence-corrected chi connectivity index (χ3v) is 4.38. The first kappa shape index (κ1) is 13.9. The van der Waals surface area contributed by atoms with Crippen LogP contribution in [0.4, 0.5) is 5.69 Å². The van der Waals surface area contributed by atoms with Crippen molar-refractivity contribution in [2.24, 2.45) is 5.73 Å². The molecule has 2 rings (SSSR count). The molecule has 0 spiro atoms. The van der Waals surface area contributed by atoms with Crippen molar-refractivity contribution < 1.29 is 0 Å². The van der Waals surface area contributed by atoms with Crippen LogP contribution < -0.4 is 10.6 Å². The molecule has 3 N–H and O–H groups in total. The molecule has 0 aliphatic heterocycles. The van der Waals surface area contributed by atoms with Crippen LogP contribution in [0.15, 0.2) is 24.3 Å². The standard InChI is InChI=1S/C15H24N4/c1-18(2)15(9-4-10-15)11-19(3)13-7-5-12(6-8-13)14(16)17/h5-8H,4,9-11H2,1-3H3,(H3,16,17). The van der Waals surface area contributed by atoms with Crippen LogP contribution in [-0.2, 0) is 0 Å². The Bertz CT molecular complexity index is 446. The Kier molecular flexibility index (Phi) is 3.80. The minimum atomic E-state index is 0.123. The Morgan fingerprint density at radius 1 is 1.21 bits per heavy atom. The molecule has 1 aliphatic carbocycles. The maximum absolute atomic E-state index is 7.41. The average Bonchev–Trinajstić information content (AvgIpc) is 2.33. The molecule has 0 saturated heterocycles. The van der Waals surface area contributed by atoms with Gasteiger partial charge in [0.25, 0.3) is 0 Å². The molecular formula is C15H24N4. The highest BCUT2D eigenvalue weighted by Gasteiger charge is 2.39. The Morgan fingerprint density at radius 3 is 2.16 bits per heavy atom. The van der Waals surface area contributed by atoms with Crippen LogP contribution in [0.5, 0.6) is 0 Å². The second kappa shape index (κ2) is 5.21. The van der Waals surface area contributed by atoms with Crippen molar-refractivity contribution in [1.82, 2.24) is 4.90 Å². The number of hydrogen-bond donors (Lipinski definition) is 2. The molecule has 0 heterocycles. The van der Waals surface area contributed by atoms with Gasteiger partial charge in [-0.25, -0.2) is 0 Å². The van der Waals surface area contributed by atoms with Gasteiger partial charge in [-0.1, -0.05) is 0 Å². The van der Waals surface area contributed by atoms with Gasteiger partial charge < -0.3 is 15.5 Å². The highest BCUT2D eigenvalue weighted by molar-refractivity contribution is 5.95. The van der Waals surface area contributed by atoms with Crippen LogP contribution in [0.25, 0.3) is 0 Å². The fraction of sp³-hybridized carbons (Fsp3) is 0.533. The summed E-state index contributed by atoms with van der Waals surface area (Å²) in [6.07, 6.45) is 3.88. The SMILES string of the molecule is CN(CC1(N(C)C)CCC1)c1ccc(C(=N)N)cc1. The summed E-state index contributed by atoms with van der Waals surface area (Å²) >= 11 is 0. The predicted molar refractivity (Wildman–Crippen MR) is 81.0 cm³/mol. The molecule has 0 radical (unpaired) electrons. The normalized spacial score (nSPS) is 17.1. The number of benzene rings is 1. The van der Waals surface area contributed by atoms with Gasteiger partial charge in [0.05, 0.1) is 0 Å². The first-order valence-electron chi connectivity index (χ1n) is 6.78. The van der Waals surface area contributed by atoms with E-state index in [0.717, 1.165) is 12.1 Å². The first-order valence-corrected chi connectivity index (χ1v) is 6.78. The van der Waals surface area contributed by atoms with Crippen LogP contribution in [0.1, 0.15) is 24.8 Å². The van der Waals surface area contributed by atoms with Crippen molar-refractivity contribution in [2.75, 3.05) is 32.6 Å². The number of rotatable bonds is 5. The molecule has 19 heavy (non-hydrogen) atoms. The van der Waals surface area contributed by atoms with Gasteiger partial charge in [-0.2, -0.15) is 0 Å². The Balaban J connectivity index is 2.07. The van der Waals surface area contributed by atoms with E-state index in [2.05, 4.69) is 30.9 Å². The molecule has 1 aromatic rings. The number of anilines is 1. The molecular weight excluding hydrogens is 236 g/mol. The van der Waals surface area contributed by atoms with Gasteiger partial charge in [0.15, 0.2) is 0 Å². The molecule has 1 aromatic carbocycles. The lowest BCUT2D eigenvalue weighted by Gasteiger charge is -2.49. The van der Waals surface area contributed by atoms with Crippen molar-refractivity contribution in [1.29, 1.82) is 5.41 Å². The Morgan fingerprint density at radius 2 is 1.79 bits per heavy atom. The lowest BCUT2D eigenvalue weighted by atomic mass is 9.75. The summed E-state index contributed by atoms with van der Waals surface area (Å²) in [6, 6.07) is 7.91. The lowest BCUT2D eigenvalue weighted by Crippen LogP contribution is -2.56. The van der Waals surface area contributed by atoms with Crippen molar-refractivity contribution in [3.63, 3.8) is 0 Å². The zero-order chi connectivity index (χ0) is 14.0. The number of hydrogen-bond acceptors (Lipinski definition) is 3. The predicted octanol–water partition coefficient (Wildman–Crippen LogP) is 1.89. The summed E-state index contributed by atoms with van der Waals surface area (Å²) in [7, 11) is 6.48. The number of nitrogens with zero attached hydrogens (tertiary/aromatic N) is 2. The largest absolute Gasteiger partial charge is 0.384 e. The Hall–Kier alpha value is -1.55. The highest BCUT2D eigenvalue weighted by atomic mass is 15.2. The maximum Gasteiger partial charge on any atom is 0.122 e. The minimum Gasteiger partial charge on any atom is -0.384 e. The zero-order valence-corrected chi connectivity index (χ0v) is 12.1. The first-order chi connectivity index (χ1) is 8.94. The molecule has 0 amide bonds. The molecule has 104 valence electrons. The van der Waals surface area contributed by atoms with Crippen LogP contribution in [0.2, 0.25) is 0 Å². The lowest BCUT2D eigenvalue weighted by molar-refractivity contribution is 0.0683. The average molecular weight is 260 g/mol. The molecule has 0 aromatic heterocycles. The Labute approximate surface area is 115 Å². The second-order valence-corrected chi connectivity index (χ2v) is 5.79. The molecule has 1 fully saturated rings. The number of nitrogens with two attached hydrogens (primary N) is 1. The van der Waals surface area contributed by atoms with Gasteiger partial charge in [0.1, 0.15) is 5.84 Å². The number of amidine groups is 1. The van der Waals surface area contributed by atoms with Crippen LogP contribution in [0, 0.1) is 5.41 Å². The van der Waals surface area contributed by atoms with Gasteiger partial charge in [-0.15, -0.1) is 0 Å². The van der Waals surface area contributed by atoms with Crippen LogP contribution in [-0.4, -0.2) is 44.0 Å². The fourth-order valence-corrected chi connectivity index (χ4v) is 2.76. The van der Waals surface area contributed by atoms with Crippen molar-refractivity contribution in [3.05, 3.63) is 29.8 Å². The van der Waals surface area contributed by atoms with E-state index < -0.39 is 0 Å². The van der Waals surface area contributed by atoms with Crippen LogP contribution in [0.3, 0.4) is 0 Å². The zero-order valence-electron chi connectivity index (χ0n) is 12.1. The third-order valence-electron chi connectivity index (χ3n) is 4.38. The maximum atomic E-state index is 7.41. The second-order valence-electron chi connectivity index (χ2n) is 5.79. The van der Waals surface area contributed by atoms with Gasteiger partial charge in [0.2, 0.25) is 0 Å². The van der Waals surface area contributed by atoms with Gasteiger partial charge in [-0.05, 0) is 57.6 Å². The van der Waals surface area contributed by atoms with E-state index in [4.69, 9.17) is 11.1 Å². The summed E-state index contributed by atoms with van der Waals surface area (Å²) in [4.78, 5) is 4.65. The quantitative estimate of drug-likeness (QED) is 0.628. The van der Waals surface area contributed by atoms with E-state index in [-0.39, 0.29) is 5.84 Å². The summed E-state index contributed by atoms with van der Waals surface area (Å²) in [5, 5.41) is 7.41. The smallest absolute Gasteiger partial charge is 0.122 e. The van der Waals surface area contributed by atoms with E-state index in [0.29, 0.717) is 5.54 Å². The van der Waals surface area contributed by atoms with E-state index in [1.165, 1.54) is 24.9 Å². The molecule has 1 aliphatic rings. The number of likely N-dealkylation sites (N-methyl/N-ethyl adjacent to an activating group) is 2.